The van der Waals surface area contributed by atoms with E-state index >= 15 is 0 Å². The van der Waals surface area contributed by atoms with Crippen LogP contribution in [0.15, 0.2) is 52.9 Å². The van der Waals surface area contributed by atoms with Crippen LogP contribution in [0.3, 0.4) is 0 Å². The van der Waals surface area contributed by atoms with E-state index in [0.717, 1.165) is 28.3 Å². The van der Waals surface area contributed by atoms with Gasteiger partial charge in [0.15, 0.2) is 10.7 Å². The van der Waals surface area contributed by atoms with Crippen molar-refractivity contribution in [2.45, 2.75) is 20.8 Å². The van der Waals surface area contributed by atoms with E-state index in [4.69, 9.17) is 4.74 Å². The summed E-state index contributed by atoms with van der Waals surface area (Å²) < 4.78 is 5.46. The Bertz CT molecular complexity index is 1000. The molecule has 2 aromatic carbocycles. The molecule has 1 aromatic heterocycles. The molecule has 27 heavy (non-hydrogen) atoms. The molecule has 0 fully saturated rings. The van der Waals surface area contributed by atoms with Crippen molar-refractivity contribution in [2.75, 3.05) is 12.0 Å². The Morgan fingerprint density at radius 3 is 2.67 bits per heavy atom. The van der Waals surface area contributed by atoms with Gasteiger partial charge >= 0.3 is 0 Å². The van der Waals surface area contributed by atoms with Gasteiger partial charge in [0.05, 0.1) is 18.0 Å². The van der Waals surface area contributed by atoms with Crippen molar-refractivity contribution in [3.8, 4) is 23.1 Å². The first-order valence-corrected chi connectivity index (χ1v) is 9.49. The fourth-order valence-corrected chi connectivity index (χ4v) is 3.35. The molecule has 0 spiro atoms. The summed E-state index contributed by atoms with van der Waals surface area (Å²) in [7, 11) is 0. The fourth-order valence-electron chi connectivity index (χ4n) is 2.58. The lowest BCUT2D eigenvalue weighted by Gasteiger charge is -2.05. The number of benzene rings is 2. The van der Waals surface area contributed by atoms with Gasteiger partial charge in [0.1, 0.15) is 11.8 Å². The van der Waals surface area contributed by atoms with Crippen LogP contribution in [-0.2, 0) is 0 Å². The summed E-state index contributed by atoms with van der Waals surface area (Å²) in [4.78, 5) is 4.56. The minimum Gasteiger partial charge on any atom is -0.494 e. The van der Waals surface area contributed by atoms with Crippen LogP contribution in [0.4, 0.5) is 5.69 Å². The number of rotatable bonds is 6. The lowest BCUT2D eigenvalue weighted by Crippen LogP contribution is -2.02. The van der Waals surface area contributed by atoms with Gasteiger partial charge in [-0.2, -0.15) is 10.4 Å². The first-order chi connectivity index (χ1) is 13.1. The van der Waals surface area contributed by atoms with Gasteiger partial charge in [-0.05, 0) is 56.7 Å². The Hall–Kier alpha value is -3.17. The fraction of sp³-hybridized carbons (Fsp3) is 0.190. The number of nitrogens with zero attached hydrogens (tertiary/aromatic N) is 3. The van der Waals surface area contributed by atoms with Gasteiger partial charge in [0, 0.05) is 10.9 Å². The van der Waals surface area contributed by atoms with E-state index in [1.165, 1.54) is 16.9 Å². The second kappa shape index (κ2) is 8.47. The number of anilines is 1. The molecule has 0 aliphatic carbocycles. The maximum Gasteiger partial charge on any atom is 0.196 e. The molecular weight excluding hydrogens is 356 g/mol. The number of hydrazone groups is 1. The van der Waals surface area contributed by atoms with E-state index in [-0.39, 0.29) is 5.71 Å². The van der Waals surface area contributed by atoms with E-state index in [1.807, 2.05) is 62.5 Å². The predicted molar refractivity (Wildman–Crippen MR) is 110 cm³/mol. The SMILES string of the molecule is CCOc1ccc(-c2csc(/C(C#N)=N\Nc3ccc(C)cc3C)n2)cc1. The molecule has 5 nitrogen and oxygen atoms in total. The highest BCUT2D eigenvalue weighted by molar-refractivity contribution is 7.12. The Labute approximate surface area is 163 Å². The van der Waals surface area contributed by atoms with Gasteiger partial charge in [0.2, 0.25) is 0 Å². The van der Waals surface area contributed by atoms with Crippen LogP contribution in [0.25, 0.3) is 11.3 Å². The molecule has 6 heteroatoms. The largest absolute Gasteiger partial charge is 0.494 e. The molecule has 1 N–H and O–H groups in total. The molecule has 0 bridgehead atoms. The summed E-state index contributed by atoms with van der Waals surface area (Å²) in [6.07, 6.45) is 0. The Morgan fingerprint density at radius 1 is 1.22 bits per heavy atom. The monoisotopic (exact) mass is 376 g/mol. The van der Waals surface area contributed by atoms with Crippen molar-refractivity contribution in [3.63, 3.8) is 0 Å². The second-order valence-electron chi connectivity index (χ2n) is 6.00. The third-order valence-corrected chi connectivity index (χ3v) is 4.79. The molecule has 0 radical (unpaired) electrons. The lowest BCUT2D eigenvalue weighted by atomic mass is 10.1. The third-order valence-electron chi connectivity index (χ3n) is 3.94. The second-order valence-corrected chi connectivity index (χ2v) is 6.86. The Kier molecular flexibility index (Phi) is 5.84. The zero-order chi connectivity index (χ0) is 19.2. The van der Waals surface area contributed by atoms with Gasteiger partial charge in [-0.3, -0.25) is 5.43 Å². The molecule has 0 saturated carbocycles. The highest BCUT2D eigenvalue weighted by atomic mass is 32.1. The van der Waals surface area contributed by atoms with Crippen molar-refractivity contribution in [2.24, 2.45) is 5.10 Å². The lowest BCUT2D eigenvalue weighted by molar-refractivity contribution is 0.340. The van der Waals surface area contributed by atoms with Crippen LogP contribution in [0.2, 0.25) is 0 Å². The minimum atomic E-state index is 0.261. The molecule has 0 atom stereocenters. The maximum atomic E-state index is 9.48. The van der Waals surface area contributed by atoms with Crippen LogP contribution >= 0.6 is 11.3 Å². The zero-order valence-electron chi connectivity index (χ0n) is 15.5. The van der Waals surface area contributed by atoms with E-state index < -0.39 is 0 Å². The quantitative estimate of drug-likeness (QED) is 0.476. The van der Waals surface area contributed by atoms with E-state index in [1.54, 1.807) is 0 Å². The van der Waals surface area contributed by atoms with Crippen LogP contribution in [-0.4, -0.2) is 17.3 Å². The molecule has 0 aliphatic rings. The molecule has 0 unspecified atom stereocenters. The Balaban J connectivity index is 1.79. The van der Waals surface area contributed by atoms with Crippen LogP contribution in [0.5, 0.6) is 5.75 Å². The number of thiazole rings is 1. The number of hydrogen-bond donors (Lipinski definition) is 1. The van der Waals surface area contributed by atoms with Crippen LogP contribution in [0, 0.1) is 25.2 Å². The first kappa shape index (κ1) is 18.6. The van der Waals surface area contributed by atoms with Gasteiger partial charge in [-0.25, -0.2) is 4.98 Å². The summed E-state index contributed by atoms with van der Waals surface area (Å²) in [6, 6.07) is 15.9. The van der Waals surface area contributed by atoms with Gasteiger partial charge < -0.3 is 4.74 Å². The number of nitriles is 1. The molecule has 0 amide bonds. The summed E-state index contributed by atoms with van der Waals surface area (Å²) in [6.45, 7) is 6.63. The summed E-state index contributed by atoms with van der Waals surface area (Å²) >= 11 is 1.40. The van der Waals surface area contributed by atoms with Crippen LogP contribution < -0.4 is 10.2 Å². The zero-order valence-corrected chi connectivity index (χ0v) is 16.3. The van der Waals surface area contributed by atoms with Crippen molar-refractivity contribution in [1.82, 2.24) is 4.98 Å². The summed E-state index contributed by atoms with van der Waals surface area (Å²) in [5.74, 6) is 0.827. The summed E-state index contributed by atoms with van der Waals surface area (Å²) in [5.41, 5.74) is 8.15. The van der Waals surface area contributed by atoms with Gasteiger partial charge in [-0.15, -0.1) is 11.3 Å². The summed E-state index contributed by atoms with van der Waals surface area (Å²) in [5, 5.41) is 16.2. The Morgan fingerprint density at radius 2 is 2.00 bits per heavy atom. The number of ether oxygens (including phenoxy) is 1. The number of nitrogens with one attached hydrogen (secondary N) is 1. The standard InChI is InChI=1S/C21H20N4OS/c1-4-26-17-8-6-16(7-9-17)20-13-27-21(23-20)19(12-22)25-24-18-10-5-14(2)11-15(18)3/h5-11,13,24H,4H2,1-3H3/b25-19-. The van der Waals surface area contributed by atoms with E-state index in [9.17, 15) is 5.26 Å². The highest BCUT2D eigenvalue weighted by Crippen LogP contribution is 2.25. The molecule has 1 heterocycles. The molecular formula is C21H20N4OS. The van der Waals surface area contributed by atoms with Crippen molar-refractivity contribution < 1.29 is 4.74 Å². The number of aromatic nitrogens is 1. The van der Waals surface area contributed by atoms with Crippen molar-refractivity contribution >= 4 is 22.7 Å². The minimum absolute atomic E-state index is 0.261. The van der Waals surface area contributed by atoms with Gasteiger partial charge in [0.25, 0.3) is 0 Å². The van der Waals surface area contributed by atoms with Crippen LogP contribution in [0.1, 0.15) is 23.1 Å². The molecule has 136 valence electrons. The smallest absolute Gasteiger partial charge is 0.196 e. The van der Waals surface area contributed by atoms with Gasteiger partial charge in [-0.1, -0.05) is 17.7 Å². The molecule has 3 aromatic rings. The normalized spacial score (nSPS) is 11.1. The van der Waals surface area contributed by atoms with E-state index in [2.05, 4.69) is 27.6 Å². The average molecular weight is 376 g/mol. The first-order valence-electron chi connectivity index (χ1n) is 8.61. The van der Waals surface area contributed by atoms with E-state index in [0.29, 0.717) is 11.6 Å². The topological polar surface area (TPSA) is 70.3 Å². The predicted octanol–water partition coefficient (Wildman–Crippen LogP) is 5.17. The number of aryl methyl sites for hydroxylation is 2. The highest BCUT2D eigenvalue weighted by Gasteiger charge is 2.11. The third kappa shape index (κ3) is 4.52. The number of hydrogen-bond acceptors (Lipinski definition) is 6. The molecule has 3 rings (SSSR count). The molecule has 0 aliphatic heterocycles. The van der Waals surface area contributed by atoms with Crippen molar-refractivity contribution in [1.29, 1.82) is 5.26 Å². The van der Waals surface area contributed by atoms with Crippen molar-refractivity contribution in [3.05, 3.63) is 64.0 Å². The maximum absolute atomic E-state index is 9.48. The average Bonchev–Trinajstić information content (AvgIpc) is 3.14. The molecule has 0 saturated heterocycles.